The van der Waals surface area contributed by atoms with Gasteiger partial charge in [-0.1, -0.05) is 6.42 Å². The average molecular weight is 535 g/mol. The normalized spacial score (nSPS) is 16.3. The lowest BCUT2D eigenvalue weighted by atomic mass is 10.1. The number of halogens is 1. The zero-order valence-electron chi connectivity index (χ0n) is 18.7. The number of guanidine groups is 1. The number of nitrogens with zero attached hydrogens (tertiary/aromatic N) is 2. The van der Waals surface area contributed by atoms with Crippen molar-refractivity contribution in [2.45, 2.75) is 58.1 Å². The second-order valence-electron chi connectivity index (χ2n) is 8.29. The third kappa shape index (κ3) is 10.0. The fourth-order valence-electron chi connectivity index (χ4n) is 3.33. The van der Waals surface area contributed by atoms with Crippen LogP contribution in [-0.4, -0.2) is 62.3 Å². The summed E-state index contributed by atoms with van der Waals surface area (Å²) in [6.07, 6.45) is 5.88. The molecule has 0 aliphatic carbocycles. The Morgan fingerprint density at radius 2 is 1.90 bits per heavy atom. The standard InChI is InChI=1S/C21H37N5O3.HI/c1-21(2,3)29-20(27)24-12-9-11-23-19(22-4)25-16-17(18-10-8-15-28-18)26-13-6-5-7-14-26;/h8,10,15,17H,5-7,9,11-14,16H2,1-4H3,(H,24,27)(H2,22,23,25);1H. The van der Waals surface area contributed by atoms with Crippen LogP contribution >= 0.6 is 24.0 Å². The zero-order valence-corrected chi connectivity index (χ0v) is 21.0. The SMILES string of the molecule is CN=C(NCCCNC(=O)OC(C)(C)C)NCC(c1ccco1)N1CCCCC1.I. The minimum absolute atomic E-state index is 0. The Morgan fingerprint density at radius 1 is 1.20 bits per heavy atom. The molecule has 1 amide bonds. The van der Waals surface area contributed by atoms with E-state index in [0.29, 0.717) is 13.1 Å². The van der Waals surface area contributed by atoms with Gasteiger partial charge in [-0.15, -0.1) is 24.0 Å². The molecule has 1 saturated heterocycles. The largest absolute Gasteiger partial charge is 0.468 e. The van der Waals surface area contributed by atoms with Crippen molar-refractivity contribution in [3.63, 3.8) is 0 Å². The van der Waals surface area contributed by atoms with Gasteiger partial charge in [0.05, 0.1) is 12.3 Å². The van der Waals surface area contributed by atoms with E-state index in [0.717, 1.165) is 37.8 Å². The predicted molar refractivity (Wildman–Crippen MR) is 131 cm³/mol. The van der Waals surface area contributed by atoms with Crippen LogP contribution in [0.1, 0.15) is 58.3 Å². The minimum Gasteiger partial charge on any atom is -0.468 e. The van der Waals surface area contributed by atoms with Gasteiger partial charge in [0, 0.05) is 26.7 Å². The van der Waals surface area contributed by atoms with E-state index in [1.807, 2.05) is 32.9 Å². The van der Waals surface area contributed by atoms with E-state index in [4.69, 9.17) is 9.15 Å². The summed E-state index contributed by atoms with van der Waals surface area (Å²) in [6, 6.07) is 4.17. The van der Waals surface area contributed by atoms with Crippen molar-refractivity contribution in [1.29, 1.82) is 0 Å². The number of amides is 1. The maximum atomic E-state index is 11.6. The molecule has 30 heavy (non-hydrogen) atoms. The van der Waals surface area contributed by atoms with Crippen molar-refractivity contribution in [2.75, 3.05) is 39.8 Å². The molecular weight excluding hydrogens is 497 g/mol. The molecule has 1 aliphatic rings. The molecule has 0 bridgehead atoms. The van der Waals surface area contributed by atoms with E-state index in [9.17, 15) is 4.79 Å². The van der Waals surface area contributed by atoms with E-state index in [-0.39, 0.29) is 36.1 Å². The lowest BCUT2D eigenvalue weighted by molar-refractivity contribution is 0.0527. The van der Waals surface area contributed by atoms with Gasteiger partial charge in [0.15, 0.2) is 5.96 Å². The highest BCUT2D eigenvalue weighted by molar-refractivity contribution is 14.0. The fourth-order valence-corrected chi connectivity index (χ4v) is 3.33. The summed E-state index contributed by atoms with van der Waals surface area (Å²) in [5.41, 5.74) is -0.479. The summed E-state index contributed by atoms with van der Waals surface area (Å²) in [6.45, 7) is 9.71. The number of carbonyl (C=O) groups is 1. The van der Waals surface area contributed by atoms with Crippen molar-refractivity contribution in [3.05, 3.63) is 24.2 Å². The van der Waals surface area contributed by atoms with Crippen LogP contribution in [0.15, 0.2) is 27.8 Å². The first kappa shape index (κ1) is 26.5. The molecule has 0 saturated carbocycles. The molecule has 9 heteroatoms. The van der Waals surface area contributed by atoms with Crippen LogP contribution < -0.4 is 16.0 Å². The maximum Gasteiger partial charge on any atom is 0.407 e. The summed E-state index contributed by atoms with van der Waals surface area (Å²) in [4.78, 5) is 18.4. The smallest absolute Gasteiger partial charge is 0.407 e. The van der Waals surface area contributed by atoms with Gasteiger partial charge in [-0.25, -0.2) is 4.79 Å². The van der Waals surface area contributed by atoms with Crippen molar-refractivity contribution < 1.29 is 13.9 Å². The van der Waals surface area contributed by atoms with E-state index in [1.54, 1.807) is 13.3 Å². The third-order valence-electron chi connectivity index (χ3n) is 4.70. The Kier molecular flexibility index (Phi) is 12.2. The molecule has 2 heterocycles. The molecule has 1 aromatic rings. The molecule has 8 nitrogen and oxygen atoms in total. The van der Waals surface area contributed by atoms with Gasteiger partial charge in [0.2, 0.25) is 0 Å². The van der Waals surface area contributed by atoms with E-state index >= 15 is 0 Å². The summed E-state index contributed by atoms with van der Waals surface area (Å²) < 4.78 is 10.9. The molecule has 1 fully saturated rings. The molecule has 0 radical (unpaired) electrons. The molecule has 1 atom stereocenters. The Balaban J connectivity index is 0.00000450. The van der Waals surface area contributed by atoms with Gasteiger partial charge in [-0.2, -0.15) is 0 Å². The lowest BCUT2D eigenvalue weighted by Crippen LogP contribution is -2.45. The van der Waals surface area contributed by atoms with Crippen LogP contribution in [0.2, 0.25) is 0 Å². The highest BCUT2D eigenvalue weighted by Crippen LogP contribution is 2.24. The number of carbonyl (C=O) groups excluding carboxylic acids is 1. The van der Waals surface area contributed by atoms with Crippen molar-refractivity contribution >= 4 is 36.0 Å². The summed E-state index contributed by atoms with van der Waals surface area (Å²) in [5, 5.41) is 9.47. The van der Waals surface area contributed by atoms with Gasteiger partial charge in [0.25, 0.3) is 0 Å². The number of nitrogens with one attached hydrogen (secondary N) is 3. The summed E-state index contributed by atoms with van der Waals surface area (Å²) in [7, 11) is 1.76. The second kappa shape index (κ2) is 13.7. The van der Waals surface area contributed by atoms with Crippen LogP contribution in [0.4, 0.5) is 4.79 Å². The predicted octanol–water partition coefficient (Wildman–Crippen LogP) is 3.50. The second-order valence-corrected chi connectivity index (χ2v) is 8.29. The molecule has 3 N–H and O–H groups in total. The molecular formula is C21H38IN5O3. The lowest BCUT2D eigenvalue weighted by Gasteiger charge is -2.33. The first-order valence-electron chi connectivity index (χ1n) is 10.6. The molecule has 172 valence electrons. The first-order valence-corrected chi connectivity index (χ1v) is 10.6. The summed E-state index contributed by atoms with van der Waals surface area (Å²) >= 11 is 0. The van der Waals surface area contributed by atoms with Crippen LogP contribution in [0.5, 0.6) is 0 Å². The number of aliphatic imine (C=N–C) groups is 1. The monoisotopic (exact) mass is 535 g/mol. The van der Waals surface area contributed by atoms with Gasteiger partial charge in [-0.05, 0) is 65.3 Å². The fraction of sp³-hybridized carbons (Fsp3) is 0.714. The van der Waals surface area contributed by atoms with Crippen molar-refractivity contribution in [3.8, 4) is 0 Å². The number of piperidine rings is 1. The number of rotatable bonds is 8. The Labute approximate surface area is 197 Å². The van der Waals surface area contributed by atoms with E-state index < -0.39 is 5.60 Å². The number of furan rings is 1. The Morgan fingerprint density at radius 3 is 2.50 bits per heavy atom. The van der Waals surface area contributed by atoms with Gasteiger partial charge < -0.3 is 25.1 Å². The zero-order chi connectivity index (χ0) is 21.1. The van der Waals surface area contributed by atoms with Gasteiger partial charge in [-0.3, -0.25) is 9.89 Å². The first-order chi connectivity index (χ1) is 13.9. The highest BCUT2D eigenvalue weighted by Gasteiger charge is 2.24. The molecule has 1 aromatic heterocycles. The molecule has 0 spiro atoms. The molecule has 2 rings (SSSR count). The average Bonchev–Trinajstić information content (AvgIpc) is 3.20. The van der Waals surface area contributed by atoms with Crippen molar-refractivity contribution in [2.24, 2.45) is 4.99 Å². The van der Waals surface area contributed by atoms with E-state index in [2.05, 4.69) is 25.8 Å². The quantitative estimate of drug-likeness (QED) is 0.204. The van der Waals surface area contributed by atoms with Crippen LogP contribution in [0.3, 0.4) is 0 Å². The maximum absolute atomic E-state index is 11.6. The minimum atomic E-state index is -0.479. The Bertz CT molecular complexity index is 625. The van der Waals surface area contributed by atoms with Crippen LogP contribution in [-0.2, 0) is 4.74 Å². The van der Waals surface area contributed by atoms with Gasteiger partial charge in [0.1, 0.15) is 11.4 Å². The number of alkyl carbamates (subject to hydrolysis) is 1. The number of likely N-dealkylation sites (tertiary alicyclic amines) is 1. The van der Waals surface area contributed by atoms with Gasteiger partial charge >= 0.3 is 6.09 Å². The Hall–Kier alpha value is -1.49. The van der Waals surface area contributed by atoms with Crippen LogP contribution in [0, 0.1) is 0 Å². The number of hydrogen-bond acceptors (Lipinski definition) is 5. The number of ether oxygens (including phenoxy) is 1. The number of hydrogen-bond donors (Lipinski definition) is 3. The molecule has 0 aromatic carbocycles. The van der Waals surface area contributed by atoms with E-state index in [1.165, 1.54) is 19.3 Å². The third-order valence-corrected chi connectivity index (χ3v) is 4.70. The molecule has 1 unspecified atom stereocenters. The topological polar surface area (TPSA) is 91.1 Å². The molecule has 1 aliphatic heterocycles. The van der Waals surface area contributed by atoms with Crippen molar-refractivity contribution in [1.82, 2.24) is 20.9 Å². The highest BCUT2D eigenvalue weighted by atomic mass is 127. The summed E-state index contributed by atoms with van der Waals surface area (Å²) in [5.74, 6) is 1.73. The van der Waals surface area contributed by atoms with Crippen LogP contribution in [0.25, 0.3) is 0 Å².